The molecule has 1 saturated carbocycles. The van der Waals surface area contributed by atoms with Crippen LogP contribution >= 0.6 is 0 Å². The van der Waals surface area contributed by atoms with Gasteiger partial charge in [-0.25, -0.2) is 0 Å². The van der Waals surface area contributed by atoms with Crippen LogP contribution < -0.4 is 5.73 Å². The van der Waals surface area contributed by atoms with Crippen molar-refractivity contribution < 1.29 is 0 Å². The Kier molecular flexibility index (Phi) is 4.71. The monoisotopic (exact) mass is 252 g/mol. The van der Waals surface area contributed by atoms with E-state index in [1.165, 1.54) is 58.2 Å². The van der Waals surface area contributed by atoms with Gasteiger partial charge in [0.05, 0.1) is 0 Å². The van der Waals surface area contributed by atoms with Crippen LogP contribution in [0, 0.1) is 17.3 Å². The fraction of sp³-hybridized carbons (Fsp3) is 1.00. The second kappa shape index (κ2) is 5.92. The maximum absolute atomic E-state index is 6.42. The molecule has 2 rings (SSSR count). The molecule has 1 aliphatic heterocycles. The highest BCUT2D eigenvalue weighted by molar-refractivity contribution is 4.95. The predicted molar refractivity (Wildman–Crippen MR) is 78.6 cm³/mol. The molecule has 0 amide bonds. The zero-order chi connectivity index (χ0) is 13.2. The second-order valence-corrected chi connectivity index (χ2v) is 7.35. The lowest BCUT2D eigenvalue weighted by Crippen LogP contribution is -2.44. The maximum atomic E-state index is 6.42. The van der Waals surface area contributed by atoms with Gasteiger partial charge in [0.15, 0.2) is 0 Å². The lowest BCUT2D eigenvalue weighted by atomic mass is 9.85. The molecule has 0 aromatic carbocycles. The van der Waals surface area contributed by atoms with Gasteiger partial charge in [0.25, 0.3) is 0 Å². The van der Waals surface area contributed by atoms with Gasteiger partial charge in [0, 0.05) is 12.6 Å². The minimum atomic E-state index is 0.366. The molecule has 0 spiro atoms. The van der Waals surface area contributed by atoms with Gasteiger partial charge in [0.1, 0.15) is 0 Å². The summed E-state index contributed by atoms with van der Waals surface area (Å²) in [4.78, 5) is 2.68. The number of likely N-dealkylation sites (tertiary alicyclic amines) is 1. The highest BCUT2D eigenvalue weighted by Crippen LogP contribution is 2.40. The van der Waals surface area contributed by atoms with Crippen LogP contribution in [0.2, 0.25) is 0 Å². The molecule has 0 bridgehead atoms. The molecule has 106 valence electrons. The van der Waals surface area contributed by atoms with Crippen molar-refractivity contribution in [3.63, 3.8) is 0 Å². The summed E-state index contributed by atoms with van der Waals surface area (Å²) in [6.07, 6.45) is 8.27. The molecule has 1 heterocycles. The van der Waals surface area contributed by atoms with E-state index in [1.807, 2.05) is 0 Å². The summed E-state index contributed by atoms with van der Waals surface area (Å²) >= 11 is 0. The molecule has 2 fully saturated rings. The number of rotatable bonds is 4. The van der Waals surface area contributed by atoms with Crippen LogP contribution in [0.1, 0.15) is 59.3 Å². The second-order valence-electron chi connectivity index (χ2n) is 7.35. The van der Waals surface area contributed by atoms with Gasteiger partial charge in [-0.3, -0.25) is 0 Å². The highest BCUT2D eigenvalue weighted by Gasteiger charge is 2.40. The molecule has 2 nitrogen and oxygen atoms in total. The smallest absolute Gasteiger partial charge is 0.0131 e. The van der Waals surface area contributed by atoms with Crippen molar-refractivity contribution >= 4 is 0 Å². The molecule has 18 heavy (non-hydrogen) atoms. The number of nitrogens with two attached hydrogens (primary N) is 1. The van der Waals surface area contributed by atoms with Crippen molar-refractivity contribution in [3.05, 3.63) is 0 Å². The fourth-order valence-electron chi connectivity index (χ4n) is 3.94. The van der Waals surface area contributed by atoms with Gasteiger partial charge in [-0.2, -0.15) is 0 Å². The number of hydrogen-bond donors (Lipinski definition) is 1. The van der Waals surface area contributed by atoms with E-state index in [-0.39, 0.29) is 0 Å². The highest BCUT2D eigenvalue weighted by atomic mass is 15.1. The van der Waals surface area contributed by atoms with Crippen LogP contribution in [-0.4, -0.2) is 30.6 Å². The Hall–Kier alpha value is -0.0800. The Morgan fingerprint density at radius 2 is 1.83 bits per heavy atom. The summed E-state index contributed by atoms with van der Waals surface area (Å²) in [6, 6.07) is 0.408. The summed E-state index contributed by atoms with van der Waals surface area (Å²) in [7, 11) is 0. The number of hydrogen-bond acceptors (Lipinski definition) is 2. The lowest BCUT2D eigenvalue weighted by Gasteiger charge is -2.35. The summed E-state index contributed by atoms with van der Waals surface area (Å²) in [5, 5.41) is 0. The zero-order valence-electron chi connectivity index (χ0n) is 12.6. The molecule has 2 atom stereocenters. The van der Waals surface area contributed by atoms with Crippen LogP contribution in [0.25, 0.3) is 0 Å². The van der Waals surface area contributed by atoms with Gasteiger partial charge in [0.2, 0.25) is 0 Å². The molecule has 0 aromatic rings. The van der Waals surface area contributed by atoms with Crippen LogP contribution in [0.5, 0.6) is 0 Å². The van der Waals surface area contributed by atoms with Crippen molar-refractivity contribution in [2.24, 2.45) is 23.0 Å². The van der Waals surface area contributed by atoms with Crippen LogP contribution in [0.3, 0.4) is 0 Å². The van der Waals surface area contributed by atoms with Crippen LogP contribution in [0.15, 0.2) is 0 Å². The molecule has 1 saturated heterocycles. The maximum Gasteiger partial charge on any atom is 0.0131 e. The Labute approximate surface area is 113 Å². The van der Waals surface area contributed by atoms with Gasteiger partial charge >= 0.3 is 0 Å². The summed E-state index contributed by atoms with van der Waals surface area (Å²) in [6.45, 7) is 10.9. The summed E-state index contributed by atoms with van der Waals surface area (Å²) < 4.78 is 0. The van der Waals surface area contributed by atoms with E-state index in [9.17, 15) is 0 Å². The molecule has 0 radical (unpaired) electrons. The molecule has 2 N–H and O–H groups in total. The van der Waals surface area contributed by atoms with Crippen molar-refractivity contribution in [1.82, 2.24) is 4.90 Å². The van der Waals surface area contributed by atoms with Gasteiger partial charge in [-0.1, -0.05) is 33.6 Å². The molecule has 2 aliphatic rings. The molecular weight excluding hydrogens is 220 g/mol. The largest absolute Gasteiger partial charge is 0.327 e. The number of nitrogens with zero attached hydrogens (tertiary/aromatic N) is 1. The Morgan fingerprint density at radius 3 is 2.33 bits per heavy atom. The van der Waals surface area contributed by atoms with Crippen molar-refractivity contribution in [2.45, 2.75) is 65.3 Å². The molecule has 0 aromatic heterocycles. The zero-order valence-corrected chi connectivity index (χ0v) is 12.6. The van der Waals surface area contributed by atoms with E-state index in [0.29, 0.717) is 11.5 Å². The first-order chi connectivity index (χ1) is 8.53. The van der Waals surface area contributed by atoms with E-state index in [4.69, 9.17) is 5.73 Å². The molecular formula is C16H32N2. The first-order valence-corrected chi connectivity index (χ1v) is 8.01. The number of piperidine rings is 1. The van der Waals surface area contributed by atoms with Gasteiger partial charge in [-0.15, -0.1) is 0 Å². The molecule has 2 heteroatoms. The van der Waals surface area contributed by atoms with Crippen molar-refractivity contribution in [1.29, 1.82) is 0 Å². The molecule has 2 unspecified atom stereocenters. The predicted octanol–water partition coefficient (Wildman–Crippen LogP) is 3.26. The SMILES string of the molecule is CCCC1CCN(CC2CCC(C)(C)C2N)CC1. The Balaban J connectivity index is 1.75. The van der Waals surface area contributed by atoms with Crippen LogP contribution in [-0.2, 0) is 0 Å². The molecule has 1 aliphatic carbocycles. The van der Waals surface area contributed by atoms with Crippen molar-refractivity contribution in [3.8, 4) is 0 Å². The average Bonchev–Trinajstić information content (AvgIpc) is 2.59. The minimum absolute atomic E-state index is 0.366. The third-order valence-electron chi connectivity index (χ3n) is 5.47. The van der Waals surface area contributed by atoms with E-state index in [2.05, 4.69) is 25.7 Å². The third-order valence-corrected chi connectivity index (χ3v) is 5.47. The summed E-state index contributed by atoms with van der Waals surface area (Å²) in [5.41, 5.74) is 6.79. The Bertz CT molecular complexity index is 254. The van der Waals surface area contributed by atoms with E-state index < -0.39 is 0 Å². The fourth-order valence-corrected chi connectivity index (χ4v) is 3.94. The first kappa shape index (κ1) is 14.3. The van der Waals surface area contributed by atoms with E-state index in [1.54, 1.807) is 0 Å². The van der Waals surface area contributed by atoms with Gasteiger partial charge < -0.3 is 10.6 Å². The standard InChI is InChI=1S/C16H32N2/c1-4-5-13-7-10-18(11-8-13)12-14-6-9-16(2,3)15(14)17/h13-15H,4-12,17H2,1-3H3. The summed E-state index contributed by atoms with van der Waals surface area (Å²) in [5.74, 6) is 1.74. The van der Waals surface area contributed by atoms with Gasteiger partial charge in [-0.05, 0) is 56.0 Å². The van der Waals surface area contributed by atoms with Crippen LogP contribution in [0.4, 0.5) is 0 Å². The lowest BCUT2D eigenvalue weighted by molar-refractivity contribution is 0.146. The minimum Gasteiger partial charge on any atom is -0.327 e. The quantitative estimate of drug-likeness (QED) is 0.832. The van der Waals surface area contributed by atoms with E-state index >= 15 is 0 Å². The normalized spacial score (nSPS) is 34.0. The Morgan fingerprint density at radius 1 is 1.17 bits per heavy atom. The topological polar surface area (TPSA) is 29.3 Å². The van der Waals surface area contributed by atoms with E-state index in [0.717, 1.165) is 11.8 Å². The first-order valence-electron chi connectivity index (χ1n) is 8.01. The van der Waals surface area contributed by atoms with Crippen molar-refractivity contribution in [2.75, 3.05) is 19.6 Å². The third kappa shape index (κ3) is 3.27. The average molecular weight is 252 g/mol.